The number of nitrogens with one attached hydrogen (secondary N) is 3. The number of rotatable bonds is 6. The highest BCUT2D eigenvalue weighted by Gasteiger charge is 2.17. The molecule has 9 nitrogen and oxygen atoms in total. The third-order valence-corrected chi connectivity index (χ3v) is 5.48. The van der Waals surface area contributed by atoms with E-state index in [1.54, 1.807) is 25.1 Å². The van der Waals surface area contributed by atoms with Crippen LogP contribution in [-0.4, -0.2) is 44.1 Å². The highest BCUT2D eigenvalue weighted by Crippen LogP contribution is 2.22. The van der Waals surface area contributed by atoms with Crippen LogP contribution in [0, 0.1) is 0 Å². The van der Waals surface area contributed by atoms with E-state index in [2.05, 4.69) is 25.0 Å². The van der Waals surface area contributed by atoms with Crippen molar-refractivity contribution in [3.63, 3.8) is 0 Å². The molecule has 28 heavy (non-hydrogen) atoms. The normalized spacial score (nSPS) is 11.4. The highest BCUT2D eigenvalue weighted by atomic mass is 32.2. The predicted octanol–water partition coefficient (Wildman–Crippen LogP) is 1.90. The first-order chi connectivity index (χ1) is 13.4. The van der Waals surface area contributed by atoms with Gasteiger partial charge >= 0.3 is 5.97 Å². The summed E-state index contributed by atoms with van der Waals surface area (Å²) in [5.74, 6) is -1.09. The number of hydrogen-bond donors (Lipinski definition) is 3. The van der Waals surface area contributed by atoms with Crippen molar-refractivity contribution in [3.05, 3.63) is 53.7 Å². The molecular formula is C18H18N4O5S. The zero-order valence-electron chi connectivity index (χ0n) is 15.1. The van der Waals surface area contributed by atoms with Crippen LogP contribution in [0.2, 0.25) is 0 Å². The van der Waals surface area contributed by atoms with Crippen LogP contribution in [0.15, 0.2) is 47.4 Å². The smallest absolute Gasteiger partial charge is 0.359 e. The van der Waals surface area contributed by atoms with Gasteiger partial charge < -0.3 is 10.1 Å². The molecule has 0 atom stereocenters. The minimum atomic E-state index is -3.67. The zero-order chi connectivity index (χ0) is 20.3. The fourth-order valence-corrected chi connectivity index (χ4v) is 3.71. The number of aromatic amines is 1. The molecule has 0 aliphatic carbocycles. The van der Waals surface area contributed by atoms with Crippen molar-refractivity contribution in [1.82, 2.24) is 14.9 Å². The van der Waals surface area contributed by atoms with E-state index < -0.39 is 21.9 Å². The van der Waals surface area contributed by atoms with Gasteiger partial charge in [0.25, 0.3) is 5.91 Å². The van der Waals surface area contributed by atoms with Crippen molar-refractivity contribution >= 4 is 38.5 Å². The number of carbonyl (C=O) groups is 2. The maximum absolute atomic E-state index is 12.6. The van der Waals surface area contributed by atoms with E-state index in [1.807, 2.05) is 0 Å². The lowest BCUT2D eigenvalue weighted by atomic mass is 10.1. The lowest BCUT2D eigenvalue weighted by molar-refractivity contribution is 0.0596. The van der Waals surface area contributed by atoms with Gasteiger partial charge in [-0.25, -0.2) is 17.9 Å². The molecule has 10 heteroatoms. The van der Waals surface area contributed by atoms with Gasteiger partial charge in [0.1, 0.15) is 0 Å². The molecule has 1 heterocycles. The molecule has 0 spiro atoms. The van der Waals surface area contributed by atoms with Crippen LogP contribution < -0.4 is 10.0 Å². The number of amides is 1. The summed E-state index contributed by atoms with van der Waals surface area (Å²) < 4.78 is 31.3. The van der Waals surface area contributed by atoms with Crippen molar-refractivity contribution in [1.29, 1.82) is 0 Å². The van der Waals surface area contributed by atoms with Gasteiger partial charge in [-0.2, -0.15) is 5.10 Å². The summed E-state index contributed by atoms with van der Waals surface area (Å²) in [6, 6.07) is 10.6. The SMILES string of the molecule is CCNS(=O)(=O)c1cccc(C(=O)Nc2ccc3[nH]nc(C(=O)OC)c3c2)c1. The predicted molar refractivity (Wildman–Crippen MR) is 103 cm³/mol. The average molecular weight is 402 g/mol. The number of aromatic nitrogens is 2. The van der Waals surface area contributed by atoms with Gasteiger partial charge in [-0.1, -0.05) is 13.0 Å². The molecule has 1 amide bonds. The second-order valence-electron chi connectivity index (χ2n) is 5.81. The monoisotopic (exact) mass is 402 g/mol. The molecule has 0 saturated heterocycles. The van der Waals surface area contributed by atoms with E-state index in [1.165, 1.54) is 31.4 Å². The third kappa shape index (κ3) is 3.87. The number of H-pyrrole nitrogens is 1. The van der Waals surface area contributed by atoms with Gasteiger partial charge in [-0.15, -0.1) is 0 Å². The van der Waals surface area contributed by atoms with Gasteiger partial charge in [0.15, 0.2) is 5.69 Å². The summed E-state index contributed by atoms with van der Waals surface area (Å²) in [4.78, 5) is 24.3. The number of hydrogen-bond acceptors (Lipinski definition) is 6. The molecule has 0 fully saturated rings. The first-order valence-corrected chi connectivity index (χ1v) is 9.81. The van der Waals surface area contributed by atoms with Crippen LogP contribution in [0.5, 0.6) is 0 Å². The lowest BCUT2D eigenvalue weighted by Crippen LogP contribution is -2.23. The minimum absolute atomic E-state index is 0.000245. The van der Waals surface area contributed by atoms with Crippen LogP contribution in [0.4, 0.5) is 5.69 Å². The molecule has 2 aromatic carbocycles. The van der Waals surface area contributed by atoms with Crippen molar-refractivity contribution < 1.29 is 22.7 Å². The van der Waals surface area contributed by atoms with E-state index in [9.17, 15) is 18.0 Å². The van der Waals surface area contributed by atoms with Gasteiger partial charge in [0.05, 0.1) is 17.5 Å². The maximum atomic E-state index is 12.6. The van der Waals surface area contributed by atoms with Crippen LogP contribution in [-0.2, 0) is 14.8 Å². The van der Waals surface area contributed by atoms with E-state index in [4.69, 9.17) is 0 Å². The van der Waals surface area contributed by atoms with Crippen molar-refractivity contribution in [3.8, 4) is 0 Å². The first kappa shape index (κ1) is 19.5. The molecule has 0 aliphatic rings. The Morgan fingerprint density at radius 3 is 2.68 bits per heavy atom. The van der Waals surface area contributed by atoms with Gasteiger partial charge in [-0.05, 0) is 36.4 Å². The van der Waals surface area contributed by atoms with Crippen LogP contribution in [0.25, 0.3) is 10.9 Å². The molecule has 0 unspecified atom stereocenters. The Morgan fingerprint density at radius 2 is 1.96 bits per heavy atom. The Hall–Kier alpha value is -3.24. The van der Waals surface area contributed by atoms with E-state index in [0.29, 0.717) is 16.6 Å². The van der Waals surface area contributed by atoms with Crippen molar-refractivity contribution in [2.75, 3.05) is 19.0 Å². The molecule has 0 bridgehead atoms. The average Bonchev–Trinajstić information content (AvgIpc) is 3.10. The molecule has 146 valence electrons. The molecule has 3 N–H and O–H groups in total. The fourth-order valence-electron chi connectivity index (χ4n) is 2.63. The van der Waals surface area contributed by atoms with Crippen LogP contribution in [0.1, 0.15) is 27.8 Å². The first-order valence-electron chi connectivity index (χ1n) is 8.33. The molecule has 0 aliphatic heterocycles. The molecule has 0 radical (unpaired) electrons. The minimum Gasteiger partial charge on any atom is -0.464 e. The summed E-state index contributed by atoms with van der Waals surface area (Å²) in [5.41, 5.74) is 1.31. The lowest BCUT2D eigenvalue weighted by Gasteiger charge is -2.08. The third-order valence-electron chi connectivity index (χ3n) is 3.94. The zero-order valence-corrected chi connectivity index (χ0v) is 16.0. The quantitative estimate of drug-likeness (QED) is 0.540. The number of ether oxygens (including phenoxy) is 1. The largest absolute Gasteiger partial charge is 0.464 e. The molecule has 1 aromatic heterocycles. The van der Waals surface area contributed by atoms with Gasteiger partial charge in [0.2, 0.25) is 10.0 Å². The second kappa shape index (κ2) is 7.79. The highest BCUT2D eigenvalue weighted by molar-refractivity contribution is 7.89. The molecular weight excluding hydrogens is 384 g/mol. The van der Waals surface area contributed by atoms with Crippen LogP contribution >= 0.6 is 0 Å². The van der Waals surface area contributed by atoms with Gasteiger partial charge in [0, 0.05) is 23.2 Å². The molecule has 3 rings (SSSR count). The Bertz CT molecular complexity index is 1150. The Kier molecular flexibility index (Phi) is 5.43. The van der Waals surface area contributed by atoms with Crippen molar-refractivity contribution in [2.45, 2.75) is 11.8 Å². The summed E-state index contributed by atoms with van der Waals surface area (Å²) in [5, 5.41) is 9.81. The molecule has 0 saturated carbocycles. The van der Waals surface area contributed by atoms with E-state index in [-0.39, 0.29) is 22.7 Å². The number of benzene rings is 2. The number of fused-ring (bicyclic) bond motifs is 1. The van der Waals surface area contributed by atoms with Crippen LogP contribution in [0.3, 0.4) is 0 Å². The summed E-state index contributed by atoms with van der Waals surface area (Å²) >= 11 is 0. The number of anilines is 1. The molecule has 3 aromatic rings. The standard InChI is InChI=1S/C18H18N4O5S/c1-3-19-28(25,26)13-6-4-5-11(9-13)17(23)20-12-7-8-15-14(10-12)16(22-21-15)18(24)27-2/h4-10,19H,3H2,1-2H3,(H,20,23)(H,21,22). The Morgan fingerprint density at radius 1 is 1.18 bits per heavy atom. The maximum Gasteiger partial charge on any atom is 0.359 e. The number of sulfonamides is 1. The Balaban J connectivity index is 1.88. The van der Waals surface area contributed by atoms with E-state index in [0.717, 1.165) is 0 Å². The summed E-state index contributed by atoms with van der Waals surface area (Å²) in [6.45, 7) is 1.91. The summed E-state index contributed by atoms with van der Waals surface area (Å²) in [7, 11) is -2.42. The Labute approximate surface area is 161 Å². The van der Waals surface area contributed by atoms with E-state index >= 15 is 0 Å². The van der Waals surface area contributed by atoms with Crippen molar-refractivity contribution in [2.24, 2.45) is 0 Å². The second-order valence-corrected chi connectivity index (χ2v) is 7.57. The topological polar surface area (TPSA) is 130 Å². The number of carbonyl (C=O) groups excluding carboxylic acids is 2. The summed E-state index contributed by atoms with van der Waals surface area (Å²) in [6.07, 6.45) is 0. The number of esters is 1. The fraction of sp³-hybridized carbons (Fsp3) is 0.167. The number of nitrogens with zero attached hydrogens (tertiary/aromatic N) is 1. The number of methoxy groups -OCH3 is 1. The van der Waals surface area contributed by atoms with Gasteiger partial charge in [-0.3, -0.25) is 9.89 Å².